The Balaban J connectivity index is 1.58. The molecule has 3 amide bonds. The lowest BCUT2D eigenvalue weighted by atomic mass is 10.1. The number of carbonyl (C=O) groups is 3. The molecule has 2 heterocycles. The number of rotatable bonds is 4. The van der Waals surface area contributed by atoms with Crippen LogP contribution in [0.2, 0.25) is 0 Å². The number of nitrogens with zero attached hydrogens (tertiary/aromatic N) is 1. The molecular weight excluding hydrogens is 310 g/mol. The highest BCUT2D eigenvalue weighted by Crippen LogP contribution is 2.33. The Hall–Kier alpha value is -2.57. The maximum Gasteiger partial charge on any atom is 0.267 e. The molecule has 1 fully saturated rings. The average molecular weight is 331 g/mol. The van der Waals surface area contributed by atoms with Gasteiger partial charge in [-0.05, 0) is 25.5 Å². The van der Waals surface area contributed by atoms with E-state index >= 15 is 0 Å². The molecule has 128 valence electrons. The van der Waals surface area contributed by atoms with Crippen molar-refractivity contribution in [1.29, 1.82) is 0 Å². The summed E-state index contributed by atoms with van der Waals surface area (Å²) >= 11 is 0. The Kier molecular flexibility index (Phi) is 4.69. The first kappa shape index (κ1) is 16.3. The van der Waals surface area contributed by atoms with Crippen LogP contribution in [0.3, 0.4) is 0 Å². The molecule has 24 heavy (non-hydrogen) atoms. The molecule has 0 spiro atoms. The molecule has 0 aromatic heterocycles. The third kappa shape index (κ3) is 3.50. The zero-order chi connectivity index (χ0) is 17.1. The number of carbonyl (C=O) groups excluding carboxylic acids is 3. The van der Waals surface area contributed by atoms with Gasteiger partial charge in [-0.25, -0.2) is 0 Å². The average Bonchev–Trinajstić information content (AvgIpc) is 2.57. The van der Waals surface area contributed by atoms with Crippen LogP contribution in [0.15, 0.2) is 24.3 Å². The van der Waals surface area contributed by atoms with E-state index in [1.54, 1.807) is 11.8 Å². The third-order valence-corrected chi connectivity index (χ3v) is 4.27. The number of benzene rings is 1. The number of hydrogen-bond acceptors (Lipinski definition) is 4. The fraction of sp³-hybridized carbons (Fsp3) is 0.471. The van der Waals surface area contributed by atoms with E-state index in [0.29, 0.717) is 37.4 Å². The number of nitrogens with one attached hydrogen (secondary N) is 2. The van der Waals surface area contributed by atoms with Gasteiger partial charge in [0.05, 0.1) is 5.69 Å². The van der Waals surface area contributed by atoms with Crippen molar-refractivity contribution in [2.75, 3.05) is 18.0 Å². The monoisotopic (exact) mass is 331 g/mol. The predicted molar refractivity (Wildman–Crippen MR) is 87.7 cm³/mol. The quantitative estimate of drug-likeness (QED) is 0.845. The fourth-order valence-corrected chi connectivity index (χ4v) is 2.96. The first-order valence-electron chi connectivity index (χ1n) is 8.17. The standard InChI is InChI=1S/C17H21N3O4/c1-11-17(23)20(13-4-2-3-5-14(13)24-11)9-8-16(22)19-12-6-7-15(21)18-10-12/h2-5,11-12H,6-10H2,1H3,(H,18,21)(H,19,22). The van der Waals surface area contributed by atoms with Crippen LogP contribution in [0.1, 0.15) is 26.2 Å². The molecule has 2 N–H and O–H groups in total. The molecule has 1 saturated heterocycles. The number of fused-ring (bicyclic) bond motifs is 1. The van der Waals surface area contributed by atoms with E-state index in [0.717, 1.165) is 0 Å². The van der Waals surface area contributed by atoms with Crippen LogP contribution >= 0.6 is 0 Å². The van der Waals surface area contributed by atoms with E-state index in [-0.39, 0.29) is 30.2 Å². The summed E-state index contributed by atoms with van der Waals surface area (Å²) in [6.45, 7) is 2.46. The van der Waals surface area contributed by atoms with E-state index in [1.165, 1.54) is 0 Å². The van der Waals surface area contributed by atoms with Crippen LogP contribution in [-0.2, 0) is 14.4 Å². The topological polar surface area (TPSA) is 87.7 Å². The molecule has 2 unspecified atom stereocenters. The summed E-state index contributed by atoms with van der Waals surface area (Å²) in [7, 11) is 0. The van der Waals surface area contributed by atoms with Gasteiger partial charge >= 0.3 is 0 Å². The zero-order valence-electron chi connectivity index (χ0n) is 13.6. The van der Waals surface area contributed by atoms with Gasteiger partial charge in [0.1, 0.15) is 5.75 Å². The number of ether oxygens (including phenoxy) is 1. The molecule has 0 radical (unpaired) electrons. The second-order valence-corrected chi connectivity index (χ2v) is 6.07. The Morgan fingerprint density at radius 1 is 1.38 bits per heavy atom. The normalized spacial score (nSPS) is 23.1. The third-order valence-electron chi connectivity index (χ3n) is 4.27. The van der Waals surface area contributed by atoms with Crippen LogP contribution < -0.4 is 20.3 Å². The Labute approximate surface area is 140 Å². The van der Waals surface area contributed by atoms with Gasteiger partial charge < -0.3 is 20.3 Å². The molecule has 2 aliphatic heterocycles. The van der Waals surface area contributed by atoms with Crippen molar-refractivity contribution in [1.82, 2.24) is 10.6 Å². The lowest BCUT2D eigenvalue weighted by Gasteiger charge is -2.33. The van der Waals surface area contributed by atoms with Gasteiger partial charge in [0, 0.05) is 32.0 Å². The van der Waals surface area contributed by atoms with Crippen LogP contribution in [-0.4, -0.2) is 43.0 Å². The fourth-order valence-electron chi connectivity index (χ4n) is 2.96. The van der Waals surface area contributed by atoms with Gasteiger partial charge in [-0.1, -0.05) is 12.1 Å². The molecule has 7 heteroatoms. The van der Waals surface area contributed by atoms with E-state index < -0.39 is 6.10 Å². The van der Waals surface area contributed by atoms with E-state index in [2.05, 4.69) is 10.6 Å². The highest BCUT2D eigenvalue weighted by Gasteiger charge is 2.31. The first-order valence-corrected chi connectivity index (χ1v) is 8.17. The van der Waals surface area contributed by atoms with Gasteiger partial charge in [-0.2, -0.15) is 0 Å². The van der Waals surface area contributed by atoms with Crippen molar-refractivity contribution < 1.29 is 19.1 Å². The van der Waals surface area contributed by atoms with Crippen molar-refractivity contribution in [3.63, 3.8) is 0 Å². The molecule has 0 aliphatic carbocycles. The minimum Gasteiger partial charge on any atom is -0.479 e. The Morgan fingerprint density at radius 2 is 2.17 bits per heavy atom. The predicted octanol–water partition coefficient (Wildman–Crippen LogP) is 0.585. The Bertz CT molecular complexity index is 651. The number of amides is 3. The summed E-state index contributed by atoms with van der Waals surface area (Å²) in [6.07, 6.45) is 0.722. The molecule has 1 aromatic carbocycles. The van der Waals surface area contributed by atoms with Crippen molar-refractivity contribution >= 4 is 23.4 Å². The number of piperidine rings is 1. The number of para-hydroxylation sites is 2. The maximum absolute atomic E-state index is 12.3. The number of anilines is 1. The van der Waals surface area contributed by atoms with Gasteiger partial charge in [-0.15, -0.1) is 0 Å². The second-order valence-electron chi connectivity index (χ2n) is 6.07. The van der Waals surface area contributed by atoms with Crippen molar-refractivity contribution in [2.45, 2.75) is 38.3 Å². The molecule has 0 saturated carbocycles. The van der Waals surface area contributed by atoms with Crippen molar-refractivity contribution in [3.8, 4) is 5.75 Å². The summed E-state index contributed by atoms with van der Waals surface area (Å²) in [5.74, 6) is 0.400. The minimum atomic E-state index is -0.559. The molecular formula is C17H21N3O4. The van der Waals surface area contributed by atoms with E-state index in [1.807, 2.05) is 24.3 Å². The summed E-state index contributed by atoms with van der Waals surface area (Å²) in [6, 6.07) is 7.28. The summed E-state index contributed by atoms with van der Waals surface area (Å²) in [5.41, 5.74) is 0.693. The van der Waals surface area contributed by atoms with E-state index in [4.69, 9.17) is 4.74 Å². The van der Waals surface area contributed by atoms with Crippen molar-refractivity contribution in [2.24, 2.45) is 0 Å². The minimum absolute atomic E-state index is 0.0185. The highest BCUT2D eigenvalue weighted by molar-refractivity contribution is 6.00. The Morgan fingerprint density at radius 3 is 2.92 bits per heavy atom. The molecule has 3 rings (SSSR count). The number of hydrogen-bond donors (Lipinski definition) is 2. The summed E-state index contributed by atoms with van der Waals surface area (Å²) in [4.78, 5) is 37.2. The lowest BCUT2D eigenvalue weighted by Crippen LogP contribution is -2.49. The lowest BCUT2D eigenvalue weighted by molar-refractivity contribution is -0.126. The van der Waals surface area contributed by atoms with Crippen LogP contribution in [0.4, 0.5) is 5.69 Å². The van der Waals surface area contributed by atoms with Gasteiger partial charge in [0.15, 0.2) is 6.10 Å². The highest BCUT2D eigenvalue weighted by atomic mass is 16.5. The SMILES string of the molecule is CC1Oc2ccccc2N(CCC(=O)NC2CCC(=O)NC2)C1=O. The van der Waals surface area contributed by atoms with Crippen LogP contribution in [0.25, 0.3) is 0 Å². The van der Waals surface area contributed by atoms with Crippen LogP contribution in [0.5, 0.6) is 5.75 Å². The van der Waals surface area contributed by atoms with Crippen molar-refractivity contribution in [3.05, 3.63) is 24.3 Å². The summed E-state index contributed by atoms with van der Waals surface area (Å²) < 4.78 is 5.58. The second kappa shape index (κ2) is 6.90. The van der Waals surface area contributed by atoms with Gasteiger partial charge in [0.2, 0.25) is 11.8 Å². The zero-order valence-corrected chi connectivity index (χ0v) is 13.6. The summed E-state index contributed by atoms with van der Waals surface area (Å²) in [5, 5.41) is 5.64. The maximum atomic E-state index is 12.3. The largest absolute Gasteiger partial charge is 0.479 e. The molecule has 0 bridgehead atoms. The molecule has 2 atom stereocenters. The molecule has 7 nitrogen and oxygen atoms in total. The first-order chi connectivity index (χ1) is 11.5. The van der Waals surface area contributed by atoms with Gasteiger partial charge in [-0.3, -0.25) is 14.4 Å². The van der Waals surface area contributed by atoms with Gasteiger partial charge in [0.25, 0.3) is 5.91 Å². The van der Waals surface area contributed by atoms with E-state index in [9.17, 15) is 14.4 Å². The molecule has 1 aromatic rings. The van der Waals surface area contributed by atoms with Crippen LogP contribution in [0, 0.1) is 0 Å². The smallest absolute Gasteiger partial charge is 0.267 e. The molecule has 2 aliphatic rings.